The third kappa shape index (κ3) is 6.44. The van der Waals surface area contributed by atoms with Gasteiger partial charge in [0.05, 0.1) is 0 Å². The molecular weight excluding hydrogens is 520 g/mol. The lowest BCUT2D eigenvalue weighted by Crippen LogP contribution is -2.55. The molecular formula is C31H34N6O2S. The molecule has 1 heterocycles. The number of piperazine rings is 1. The molecule has 6 N–H and O–H groups in total. The number of nitrogens with zero attached hydrogens (tertiary/aromatic N) is 2. The van der Waals surface area contributed by atoms with Crippen LogP contribution in [0.5, 0.6) is 0 Å². The Bertz CT molecular complexity index is 1550. The molecule has 4 aromatic carbocycles. The minimum absolute atomic E-state index is 0.00554. The Morgan fingerprint density at radius 3 is 2.23 bits per heavy atom. The van der Waals surface area contributed by atoms with Gasteiger partial charge in [0.2, 0.25) is 11.8 Å². The second-order valence-electron chi connectivity index (χ2n) is 10.0. The number of nitrogens with two attached hydrogens (primary N) is 2. The molecule has 1 saturated heterocycles. The Balaban J connectivity index is 1.34. The van der Waals surface area contributed by atoms with Gasteiger partial charge in [0.25, 0.3) is 0 Å². The van der Waals surface area contributed by atoms with Gasteiger partial charge in [-0.15, -0.1) is 0 Å². The molecule has 0 aliphatic carbocycles. The molecule has 1 fully saturated rings. The number of fused-ring (bicyclic) bond motifs is 2. The van der Waals surface area contributed by atoms with Crippen LogP contribution in [0.3, 0.4) is 0 Å². The smallest absolute Gasteiger partial charge is 0.241 e. The summed E-state index contributed by atoms with van der Waals surface area (Å²) < 4.78 is 3.43. The predicted octanol–water partition coefficient (Wildman–Crippen LogP) is 3.50. The number of nitrogen functional groups attached to an aromatic ring is 1. The molecule has 5 rings (SSSR count). The Labute approximate surface area is 238 Å². The highest BCUT2D eigenvalue weighted by molar-refractivity contribution is 7.97. The number of amides is 2. The lowest BCUT2D eigenvalue weighted by molar-refractivity contribution is -0.140. The van der Waals surface area contributed by atoms with Crippen molar-refractivity contribution in [2.24, 2.45) is 11.5 Å². The number of rotatable bonds is 9. The summed E-state index contributed by atoms with van der Waals surface area (Å²) in [5.41, 5.74) is 12.8. The van der Waals surface area contributed by atoms with Gasteiger partial charge in [-0.2, -0.15) is 0 Å². The van der Waals surface area contributed by atoms with Crippen molar-refractivity contribution in [2.45, 2.75) is 23.8 Å². The Kier molecular flexibility index (Phi) is 8.64. The van der Waals surface area contributed by atoms with E-state index in [0.29, 0.717) is 51.1 Å². The number of benzene rings is 4. The van der Waals surface area contributed by atoms with E-state index in [2.05, 4.69) is 47.2 Å². The van der Waals surface area contributed by atoms with Crippen molar-refractivity contribution < 1.29 is 9.59 Å². The second-order valence-corrected chi connectivity index (χ2v) is 11.0. The summed E-state index contributed by atoms with van der Waals surface area (Å²) in [6.07, 6.45) is 0.764. The van der Waals surface area contributed by atoms with Gasteiger partial charge in [0.15, 0.2) is 0 Å². The predicted molar refractivity (Wildman–Crippen MR) is 162 cm³/mol. The van der Waals surface area contributed by atoms with Crippen molar-refractivity contribution in [3.05, 3.63) is 90.0 Å². The van der Waals surface area contributed by atoms with Crippen LogP contribution in [0.15, 0.2) is 83.8 Å². The first-order valence-electron chi connectivity index (χ1n) is 13.5. The highest BCUT2D eigenvalue weighted by Gasteiger charge is 2.29. The number of amidine groups is 1. The maximum atomic E-state index is 13.8. The zero-order chi connectivity index (χ0) is 28.1. The molecule has 9 heteroatoms. The molecule has 0 radical (unpaired) electrons. The Morgan fingerprint density at radius 2 is 1.52 bits per heavy atom. The SMILES string of the molecule is N=C(N)c1cccc(C[C@H](NSc2ccc3cc4ccccc4cc3c2)C(=O)N2CCN(C(=O)CCN)CC2)c1. The van der Waals surface area contributed by atoms with Gasteiger partial charge in [-0.25, -0.2) is 4.72 Å². The second kappa shape index (κ2) is 12.5. The molecule has 206 valence electrons. The van der Waals surface area contributed by atoms with Crippen molar-refractivity contribution in [1.82, 2.24) is 14.5 Å². The van der Waals surface area contributed by atoms with Crippen LogP contribution in [-0.4, -0.2) is 66.2 Å². The van der Waals surface area contributed by atoms with Crippen LogP contribution in [-0.2, 0) is 16.0 Å². The third-order valence-corrected chi connectivity index (χ3v) is 8.17. The number of carbonyl (C=O) groups excluding carboxylic acids is 2. The molecule has 1 aliphatic heterocycles. The number of carbonyl (C=O) groups is 2. The topological polar surface area (TPSA) is 129 Å². The number of hydrogen-bond donors (Lipinski definition) is 4. The molecule has 4 aromatic rings. The van der Waals surface area contributed by atoms with Crippen LogP contribution >= 0.6 is 11.9 Å². The van der Waals surface area contributed by atoms with Crippen LogP contribution in [0.2, 0.25) is 0 Å². The summed E-state index contributed by atoms with van der Waals surface area (Å²) >= 11 is 1.44. The van der Waals surface area contributed by atoms with Crippen molar-refractivity contribution >= 4 is 51.1 Å². The van der Waals surface area contributed by atoms with Crippen LogP contribution in [0.1, 0.15) is 17.5 Å². The van der Waals surface area contributed by atoms with Gasteiger partial charge in [0.1, 0.15) is 11.9 Å². The summed E-state index contributed by atoms with van der Waals surface area (Å²) in [5, 5.41) is 12.5. The molecule has 0 bridgehead atoms. The van der Waals surface area contributed by atoms with E-state index in [1.54, 1.807) is 11.0 Å². The van der Waals surface area contributed by atoms with Gasteiger partial charge < -0.3 is 21.3 Å². The highest BCUT2D eigenvalue weighted by Crippen LogP contribution is 2.27. The fraction of sp³-hybridized carbons (Fsp3) is 0.258. The van der Waals surface area contributed by atoms with Gasteiger partial charge in [-0.1, -0.05) is 48.5 Å². The van der Waals surface area contributed by atoms with Crippen LogP contribution in [0.4, 0.5) is 0 Å². The average molecular weight is 555 g/mol. The molecule has 8 nitrogen and oxygen atoms in total. The Morgan fingerprint density at radius 1 is 0.850 bits per heavy atom. The van der Waals surface area contributed by atoms with E-state index in [4.69, 9.17) is 16.9 Å². The number of hydrogen-bond acceptors (Lipinski definition) is 6. The largest absolute Gasteiger partial charge is 0.384 e. The molecule has 2 amide bonds. The van der Waals surface area contributed by atoms with E-state index >= 15 is 0 Å². The van der Waals surface area contributed by atoms with E-state index < -0.39 is 6.04 Å². The molecule has 1 atom stereocenters. The minimum atomic E-state index is -0.509. The van der Waals surface area contributed by atoms with Crippen molar-refractivity contribution in [1.29, 1.82) is 5.41 Å². The minimum Gasteiger partial charge on any atom is -0.384 e. The summed E-state index contributed by atoms with van der Waals surface area (Å²) in [4.78, 5) is 30.6. The molecule has 1 aliphatic rings. The Hall–Kier alpha value is -3.92. The van der Waals surface area contributed by atoms with E-state index in [9.17, 15) is 9.59 Å². The lowest BCUT2D eigenvalue weighted by atomic mass is 10.0. The fourth-order valence-corrected chi connectivity index (χ4v) is 5.86. The number of nitrogens with one attached hydrogen (secondary N) is 2. The van der Waals surface area contributed by atoms with Gasteiger partial charge in [-0.05, 0) is 75.8 Å². The van der Waals surface area contributed by atoms with E-state index in [1.165, 1.54) is 28.1 Å². The van der Waals surface area contributed by atoms with Crippen LogP contribution in [0, 0.1) is 5.41 Å². The van der Waals surface area contributed by atoms with Crippen molar-refractivity contribution in [3.8, 4) is 0 Å². The summed E-state index contributed by atoms with van der Waals surface area (Å²) in [6.45, 7) is 2.29. The summed E-state index contributed by atoms with van der Waals surface area (Å²) in [6, 6.07) is 26.0. The quantitative estimate of drug-likeness (QED) is 0.109. The zero-order valence-electron chi connectivity index (χ0n) is 22.3. The molecule has 40 heavy (non-hydrogen) atoms. The van der Waals surface area contributed by atoms with Crippen LogP contribution in [0.25, 0.3) is 21.5 Å². The van der Waals surface area contributed by atoms with Gasteiger partial charge >= 0.3 is 0 Å². The first kappa shape index (κ1) is 27.6. The van der Waals surface area contributed by atoms with Crippen molar-refractivity contribution in [2.75, 3.05) is 32.7 Å². The summed E-state index contributed by atoms with van der Waals surface area (Å²) in [5.74, 6) is 0.0115. The van der Waals surface area contributed by atoms with Crippen LogP contribution < -0.4 is 16.2 Å². The molecule has 0 unspecified atom stereocenters. The monoisotopic (exact) mass is 554 g/mol. The normalized spacial score (nSPS) is 14.4. The first-order valence-corrected chi connectivity index (χ1v) is 14.3. The van der Waals surface area contributed by atoms with E-state index in [1.807, 2.05) is 35.2 Å². The molecule has 0 spiro atoms. The average Bonchev–Trinajstić information content (AvgIpc) is 2.98. The maximum Gasteiger partial charge on any atom is 0.241 e. The van der Waals surface area contributed by atoms with E-state index in [0.717, 1.165) is 15.8 Å². The first-order chi connectivity index (χ1) is 19.4. The van der Waals surface area contributed by atoms with Gasteiger partial charge in [0, 0.05) is 49.6 Å². The van der Waals surface area contributed by atoms with Gasteiger partial charge in [-0.3, -0.25) is 15.0 Å². The fourth-order valence-electron chi connectivity index (χ4n) is 5.08. The standard InChI is InChI=1S/C31H34N6O2S/c32-11-10-29(38)36-12-14-37(15-13-36)31(39)28(17-21-4-3-7-25(16-21)30(33)34)35-40-27-9-8-24-18-22-5-1-2-6-23(22)19-26(24)20-27/h1-9,16,18-20,28,35H,10-15,17,32H2,(H3,33,34)/t28-/m0/s1. The lowest BCUT2D eigenvalue weighted by Gasteiger charge is -2.36. The molecule has 0 aromatic heterocycles. The molecule has 0 saturated carbocycles. The third-order valence-electron chi connectivity index (χ3n) is 7.27. The van der Waals surface area contributed by atoms with Crippen molar-refractivity contribution in [3.63, 3.8) is 0 Å². The summed E-state index contributed by atoms with van der Waals surface area (Å²) in [7, 11) is 0. The zero-order valence-corrected chi connectivity index (χ0v) is 23.1. The maximum absolute atomic E-state index is 13.8. The van der Waals surface area contributed by atoms with E-state index in [-0.39, 0.29) is 17.6 Å². The highest BCUT2D eigenvalue weighted by atomic mass is 32.2.